The van der Waals surface area contributed by atoms with Gasteiger partial charge in [0.05, 0.1) is 12.1 Å². The van der Waals surface area contributed by atoms with Gasteiger partial charge in [0, 0.05) is 39.9 Å². The van der Waals surface area contributed by atoms with Crippen LogP contribution in [0.1, 0.15) is 18.9 Å². The number of hydrogen-bond donors (Lipinski definition) is 2. The van der Waals surface area contributed by atoms with Crippen LogP contribution in [0, 0.1) is 5.92 Å². The lowest BCUT2D eigenvalue weighted by Gasteiger charge is -2.36. The fourth-order valence-corrected chi connectivity index (χ4v) is 5.30. The van der Waals surface area contributed by atoms with Crippen molar-refractivity contribution in [2.75, 3.05) is 12.4 Å². The molecule has 0 bridgehead atoms. The Kier molecular flexibility index (Phi) is 3.54. The molecule has 5 rings (SSSR count). The van der Waals surface area contributed by atoms with Gasteiger partial charge in [0.15, 0.2) is 5.17 Å². The Morgan fingerprint density at radius 1 is 1.27 bits per heavy atom. The van der Waals surface area contributed by atoms with Gasteiger partial charge in [-0.05, 0) is 37.1 Å². The first-order valence-corrected chi connectivity index (χ1v) is 9.95. The monoisotopic (exact) mass is 363 g/mol. The van der Waals surface area contributed by atoms with Gasteiger partial charge in [-0.1, -0.05) is 36.0 Å². The highest BCUT2D eigenvalue weighted by molar-refractivity contribution is 8.13. The van der Waals surface area contributed by atoms with Crippen LogP contribution >= 0.6 is 11.8 Å². The van der Waals surface area contributed by atoms with E-state index in [1.807, 2.05) is 0 Å². The van der Waals surface area contributed by atoms with Crippen molar-refractivity contribution in [3.63, 3.8) is 0 Å². The van der Waals surface area contributed by atoms with Gasteiger partial charge < -0.3 is 15.5 Å². The van der Waals surface area contributed by atoms with Gasteiger partial charge in [-0.25, -0.2) is 0 Å². The first-order valence-electron chi connectivity index (χ1n) is 8.97. The summed E-state index contributed by atoms with van der Waals surface area (Å²) in [6.45, 7) is 2.94. The van der Waals surface area contributed by atoms with E-state index in [2.05, 4.69) is 60.6 Å². The molecule has 2 aliphatic rings. The van der Waals surface area contributed by atoms with Crippen LogP contribution in [0.4, 0.5) is 0 Å². The van der Waals surface area contributed by atoms with Crippen LogP contribution in [-0.2, 0) is 5.54 Å². The van der Waals surface area contributed by atoms with Crippen LogP contribution in [0.5, 0.6) is 5.75 Å². The molecule has 0 saturated carbocycles. The van der Waals surface area contributed by atoms with Gasteiger partial charge in [-0.3, -0.25) is 4.99 Å². The molecule has 2 unspecified atom stereocenters. The topological polar surface area (TPSA) is 63.4 Å². The Hall–Kier alpha value is -2.40. The van der Waals surface area contributed by atoms with Crippen LogP contribution in [-0.4, -0.2) is 22.5 Å². The highest BCUT2D eigenvalue weighted by Gasteiger charge is 2.42. The molecule has 0 amide bonds. The summed E-state index contributed by atoms with van der Waals surface area (Å²) in [5.74, 6) is 2.35. The molecule has 132 valence electrons. The summed E-state index contributed by atoms with van der Waals surface area (Å²) in [7, 11) is 0. The van der Waals surface area contributed by atoms with Crippen LogP contribution in [0.25, 0.3) is 22.0 Å². The lowest BCUT2D eigenvalue weighted by Crippen LogP contribution is -2.37. The summed E-state index contributed by atoms with van der Waals surface area (Å²) in [5, 5.41) is 1.90. The molecule has 0 spiro atoms. The smallest absolute Gasteiger partial charge is 0.154 e. The maximum atomic E-state index is 6.11. The van der Waals surface area contributed by atoms with Crippen molar-refractivity contribution in [3.05, 3.63) is 54.2 Å². The minimum atomic E-state index is -0.330. The van der Waals surface area contributed by atoms with Crippen LogP contribution < -0.4 is 10.5 Å². The van der Waals surface area contributed by atoms with Crippen LogP contribution in [0.15, 0.2) is 53.7 Å². The first kappa shape index (κ1) is 15.8. The van der Waals surface area contributed by atoms with Crippen molar-refractivity contribution in [1.29, 1.82) is 0 Å². The number of aromatic nitrogens is 1. The Morgan fingerprint density at radius 2 is 2.15 bits per heavy atom. The molecule has 0 saturated heterocycles. The fourth-order valence-electron chi connectivity index (χ4n) is 4.19. The zero-order valence-corrected chi connectivity index (χ0v) is 15.5. The second-order valence-electron chi connectivity index (χ2n) is 7.20. The maximum absolute atomic E-state index is 6.11. The number of amidine groups is 1. The third kappa shape index (κ3) is 2.34. The van der Waals surface area contributed by atoms with Crippen molar-refractivity contribution < 1.29 is 4.74 Å². The highest BCUT2D eigenvalue weighted by Crippen LogP contribution is 2.48. The molecule has 5 heteroatoms. The predicted octanol–water partition coefficient (Wildman–Crippen LogP) is 4.51. The molecule has 2 atom stereocenters. The van der Waals surface area contributed by atoms with Crippen molar-refractivity contribution in [1.82, 2.24) is 4.98 Å². The van der Waals surface area contributed by atoms with Gasteiger partial charge in [0.25, 0.3) is 0 Å². The number of ether oxygens (including phenoxy) is 1. The van der Waals surface area contributed by atoms with Gasteiger partial charge in [-0.15, -0.1) is 0 Å². The molecule has 3 N–H and O–H groups in total. The molecule has 1 aromatic heterocycles. The Bertz CT molecular complexity index is 1030. The Labute approximate surface area is 156 Å². The molecule has 26 heavy (non-hydrogen) atoms. The number of nitrogens with zero attached hydrogens (tertiary/aromatic N) is 1. The number of fused-ring (bicyclic) bond motifs is 4. The number of thioether (sulfide) groups is 1. The summed E-state index contributed by atoms with van der Waals surface area (Å²) in [6.07, 6.45) is 3.08. The SMILES string of the molecule is CC12N=C(N)SCC1CCOc1ccc(-c3c[nH]c4ccccc34)cc12. The Morgan fingerprint density at radius 3 is 3.08 bits per heavy atom. The number of benzene rings is 2. The van der Waals surface area contributed by atoms with Gasteiger partial charge >= 0.3 is 0 Å². The molecule has 3 heterocycles. The van der Waals surface area contributed by atoms with Crippen molar-refractivity contribution in [2.45, 2.75) is 18.9 Å². The summed E-state index contributed by atoms with van der Waals surface area (Å²) in [6, 6.07) is 14.9. The molecule has 0 aliphatic carbocycles. The van der Waals surface area contributed by atoms with E-state index in [1.165, 1.54) is 16.5 Å². The molecular weight excluding hydrogens is 342 g/mol. The number of nitrogens with two attached hydrogens (primary N) is 1. The van der Waals surface area contributed by atoms with E-state index in [1.54, 1.807) is 11.8 Å². The highest BCUT2D eigenvalue weighted by atomic mass is 32.2. The van der Waals surface area contributed by atoms with Gasteiger partial charge in [-0.2, -0.15) is 0 Å². The minimum absolute atomic E-state index is 0.330. The number of aliphatic imine (C=N–C) groups is 1. The van der Waals surface area contributed by atoms with Crippen molar-refractivity contribution >= 4 is 27.8 Å². The Balaban J connectivity index is 1.71. The van der Waals surface area contributed by atoms with E-state index in [-0.39, 0.29) is 5.54 Å². The number of aromatic amines is 1. The lowest BCUT2D eigenvalue weighted by atomic mass is 9.78. The number of rotatable bonds is 1. The quantitative estimate of drug-likeness (QED) is 0.668. The second kappa shape index (κ2) is 5.81. The molecular formula is C21H21N3OS. The summed E-state index contributed by atoms with van der Waals surface area (Å²) < 4.78 is 6.07. The van der Waals surface area contributed by atoms with Gasteiger partial charge in [0.1, 0.15) is 5.75 Å². The van der Waals surface area contributed by atoms with Crippen molar-refractivity contribution in [3.8, 4) is 16.9 Å². The molecule has 0 fully saturated rings. The largest absolute Gasteiger partial charge is 0.493 e. The normalized spacial score (nSPS) is 25.0. The van der Waals surface area contributed by atoms with E-state index >= 15 is 0 Å². The summed E-state index contributed by atoms with van der Waals surface area (Å²) in [5.41, 5.74) is 10.5. The second-order valence-corrected chi connectivity index (χ2v) is 8.24. The average molecular weight is 363 g/mol. The molecule has 2 aromatic carbocycles. The third-order valence-electron chi connectivity index (χ3n) is 5.72. The summed E-state index contributed by atoms with van der Waals surface area (Å²) in [4.78, 5) is 8.26. The number of hydrogen-bond acceptors (Lipinski definition) is 4. The van der Waals surface area contributed by atoms with Crippen LogP contribution in [0.3, 0.4) is 0 Å². The number of H-pyrrole nitrogens is 1. The molecule has 3 aromatic rings. The molecule has 4 nitrogen and oxygen atoms in total. The predicted molar refractivity (Wildman–Crippen MR) is 109 cm³/mol. The zero-order chi connectivity index (χ0) is 17.7. The average Bonchev–Trinajstić information content (AvgIpc) is 3.02. The minimum Gasteiger partial charge on any atom is -0.493 e. The zero-order valence-electron chi connectivity index (χ0n) is 14.7. The van der Waals surface area contributed by atoms with E-state index in [4.69, 9.17) is 15.5 Å². The van der Waals surface area contributed by atoms with E-state index in [0.717, 1.165) is 35.6 Å². The van der Waals surface area contributed by atoms with E-state index < -0.39 is 0 Å². The van der Waals surface area contributed by atoms with E-state index in [0.29, 0.717) is 11.1 Å². The fraction of sp³-hybridized carbons (Fsp3) is 0.286. The maximum Gasteiger partial charge on any atom is 0.154 e. The lowest BCUT2D eigenvalue weighted by molar-refractivity contribution is 0.271. The van der Waals surface area contributed by atoms with Crippen molar-refractivity contribution in [2.24, 2.45) is 16.6 Å². The number of nitrogens with one attached hydrogen (secondary N) is 1. The summed E-state index contributed by atoms with van der Waals surface area (Å²) >= 11 is 1.66. The third-order valence-corrected chi connectivity index (χ3v) is 6.67. The molecule has 2 aliphatic heterocycles. The molecule has 0 radical (unpaired) electrons. The van der Waals surface area contributed by atoms with E-state index in [9.17, 15) is 0 Å². The van der Waals surface area contributed by atoms with Gasteiger partial charge in [0.2, 0.25) is 0 Å². The first-order chi connectivity index (χ1) is 12.6. The standard InChI is InChI=1S/C21H21N3OS/c1-21-14(12-26-20(22)24-21)8-9-25-19-7-6-13(10-17(19)21)16-11-23-18-5-3-2-4-15(16)18/h2-7,10-11,14,23H,8-9,12H2,1H3,(H2,22,24). The number of para-hydroxylation sites is 1. The van der Waals surface area contributed by atoms with Crippen LogP contribution in [0.2, 0.25) is 0 Å².